The summed E-state index contributed by atoms with van der Waals surface area (Å²) in [7, 11) is 0. The number of benzene rings is 3. The van der Waals surface area contributed by atoms with Crippen molar-refractivity contribution in [2.45, 2.75) is 20.8 Å². The highest BCUT2D eigenvalue weighted by Crippen LogP contribution is 2.37. The van der Waals surface area contributed by atoms with E-state index < -0.39 is 5.91 Å². The lowest BCUT2D eigenvalue weighted by Crippen LogP contribution is -2.21. The Labute approximate surface area is 229 Å². The predicted molar refractivity (Wildman–Crippen MR) is 149 cm³/mol. The van der Waals surface area contributed by atoms with Gasteiger partial charge in [0.15, 0.2) is 18.1 Å². The highest BCUT2D eigenvalue weighted by atomic mass is 79.9. The molecule has 3 aromatic carbocycles. The minimum absolute atomic E-state index is 0.106. The van der Waals surface area contributed by atoms with Crippen molar-refractivity contribution in [3.8, 4) is 17.6 Å². The van der Waals surface area contributed by atoms with Crippen LogP contribution in [0.15, 0.2) is 64.6 Å². The van der Waals surface area contributed by atoms with E-state index in [2.05, 4.69) is 26.6 Å². The van der Waals surface area contributed by atoms with Gasteiger partial charge in [-0.2, -0.15) is 5.26 Å². The van der Waals surface area contributed by atoms with E-state index in [4.69, 9.17) is 21.1 Å². The Kier molecular flexibility index (Phi) is 9.72. The molecule has 2 N–H and O–H groups in total. The van der Waals surface area contributed by atoms with E-state index in [-0.39, 0.29) is 18.1 Å². The fourth-order valence-corrected chi connectivity index (χ4v) is 4.02. The predicted octanol–water partition coefficient (Wildman–Crippen LogP) is 6.68. The summed E-state index contributed by atoms with van der Waals surface area (Å²) in [6.07, 6.45) is 1.44. The van der Waals surface area contributed by atoms with Crippen molar-refractivity contribution in [2.75, 3.05) is 23.8 Å². The number of nitriles is 1. The molecule has 0 fully saturated rings. The molecule has 0 aromatic heterocycles. The molecule has 0 aliphatic carbocycles. The number of hydrogen-bond donors (Lipinski definition) is 2. The zero-order chi connectivity index (χ0) is 26.9. The van der Waals surface area contributed by atoms with Gasteiger partial charge in [-0.25, -0.2) is 0 Å². The molecule has 3 aromatic rings. The summed E-state index contributed by atoms with van der Waals surface area (Å²) >= 11 is 9.33. The van der Waals surface area contributed by atoms with Crippen LogP contribution in [0.2, 0.25) is 5.02 Å². The summed E-state index contributed by atoms with van der Waals surface area (Å²) in [5, 5.41) is 15.6. The van der Waals surface area contributed by atoms with Crippen LogP contribution in [0.1, 0.15) is 23.6 Å². The zero-order valence-electron chi connectivity index (χ0n) is 20.5. The maximum atomic E-state index is 12.6. The molecule has 9 heteroatoms. The van der Waals surface area contributed by atoms with Gasteiger partial charge in [0.05, 0.1) is 11.1 Å². The number of hydrogen-bond acceptors (Lipinski definition) is 5. The smallest absolute Gasteiger partial charge is 0.266 e. The first-order valence-electron chi connectivity index (χ1n) is 11.3. The molecule has 0 saturated carbocycles. The van der Waals surface area contributed by atoms with Crippen LogP contribution in [0.4, 0.5) is 11.4 Å². The lowest BCUT2D eigenvalue weighted by atomic mass is 10.1. The number of nitrogens with zero attached hydrogens (tertiary/aromatic N) is 1. The van der Waals surface area contributed by atoms with E-state index >= 15 is 0 Å². The van der Waals surface area contributed by atoms with Gasteiger partial charge in [0.2, 0.25) is 0 Å². The summed E-state index contributed by atoms with van der Waals surface area (Å²) in [5.41, 5.74) is 3.63. The second kappa shape index (κ2) is 12.9. The Balaban J connectivity index is 1.77. The average molecular weight is 583 g/mol. The number of nitrogens with one attached hydrogen (secondary N) is 2. The van der Waals surface area contributed by atoms with Crippen LogP contribution in [-0.4, -0.2) is 25.0 Å². The van der Waals surface area contributed by atoms with Gasteiger partial charge >= 0.3 is 0 Å². The van der Waals surface area contributed by atoms with Crippen molar-refractivity contribution in [3.05, 3.63) is 86.4 Å². The van der Waals surface area contributed by atoms with Gasteiger partial charge < -0.3 is 20.1 Å². The SMILES string of the molecule is CCOc1cc(/C=C(/C#N)C(=O)Nc2ccc(Cl)cc2)cc(Br)c1OCC(=O)Nc1cc(C)ccc1C. The van der Waals surface area contributed by atoms with Gasteiger partial charge in [0.1, 0.15) is 11.6 Å². The lowest BCUT2D eigenvalue weighted by Gasteiger charge is -2.15. The van der Waals surface area contributed by atoms with Gasteiger partial charge in [0.25, 0.3) is 11.8 Å². The van der Waals surface area contributed by atoms with Gasteiger partial charge in [-0.15, -0.1) is 0 Å². The second-order valence-electron chi connectivity index (χ2n) is 8.05. The molecule has 3 rings (SSSR count). The highest BCUT2D eigenvalue weighted by molar-refractivity contribution is 9.10. The molecule has 2 amide bonds. The summed E-state index contributed by atoms with van der Waals surface area (Å²) < 4.78 is 12.0. The quantitative estimate of drug-likeness (QED) is 0.216. The summed E-state index contributed by atoms with van der Waals surface area (Å²) in [6.45, 7) is 5.78. The minimum atomic E-state index is -0.567. The number of ether oxygens (including phenoxy) is 2. The van der Waals surface area contributed by atoms with E-state index in [0.29, 0.717) is 38.9 Å². The molecule has 0 radical (unpaired) electrons. The molecule has 0 spiro atoms. The van der Waals surface area contributed by atoms with Crippen molar-refractivity contribution >= 4 is 56.8 Å². The normalized spacial score (nSPS) is 10.9. The summed E-state index contributed by atoms with van der Waals surface area (Å²) in [6, 6.07) is 17.6. The van der Waals surface area contributed by atoms with Crippen molar-refractivity contribution < 1.29 is 19.1 Å². The van der Waals surface area contributed by atoms with Gasteiger partial charge in [-0.05, 0) is 102 Å². The topological polar surface area (TPSA) is 100 Å². The highest BCUT2D eigenvalue weighted by Gasteiger charge is 2.16. The third kappa shape index (κ3) is 7.84. The van der Waals surface area contributed by atoms with Gasteiger partial charge in [-0.1, -0.05) is 23.7 Å². The molecule has 0 aliphatic heterocycles. The van der Waals surface area contributed by atoms with Gasteiger partial charge in [-0.3, -0.25) is 9.59 Å². The number of amides is 2. The average Bonchev–Trinajstić information content (AvgIpc) is 2.85. The Morgan fingerprint density at radius 2 is 1.78 bits per heavy atom. The van der Waals surface area contributed by atoms with Gasteiger partial charge in [0, 0.05) is 16.4 Å². The molecule has 37 heavy (non-hydrogen) atoms. The monoisotopic (exact) mass is 581 g/mol. The Hall–Kier alpha value is -3.80. The number of rotatable bonds is 9. The van der Waals surface area contributed by atoms with Crippen LogP contribution in [0, 0.1) is 25.2 Å². The number of carbonyl (C=O) groups is 2. The number of aryl methyl sites for hydroxylation is 2. The number of halogens is 2. The van der Waals surface area contributed by atoms with E-state index in [1.54, 1.807) is 36.4 Å². The maximum absolute atomic E-state index is 12.6. The second-order valence-corrected chi connectivity index (χ2v) is 9.34. The largest absolute Gasteiger partial charge is 0.490 e. The molecule has 0 bridgehead atoms. The molecule has 190 valence electrons. The molecule has 0 unspecified atom stereocenters. The van der Waals surface area contributed by atoms with E-state index in [0.717, 1.165) is 16.8 Å². The fraction of sp³-hybridized carbons (Fsp3) is 0.179. The van der Waals surface area contributed by atoms with Crippen LogP contribution >= 0.6 is 27.5 Å². The first-order valence-corrected chi connectivity index (χ1v) is 12.5. The third-order valence-electron chi connectivity index (χ3n) is 5.12. The first kappa shape index (κ1) is 27.8. The van der Waals surface area contributed by atoms with E-state index in [1.807, 2.05) is 45.0 Å². The van der Waals surface area contributed by atoms with E-state index in [1.165, 1.54) is 6.08 Å². The van der Waals surface area contributed by atoms with Crippen molar-refractivity contribution in [1.82, 2.24) is 0 Å². The van der Waals surface area contributed by atoms with E-state index in [9.17, 15) is 14.9 Å². The molecule has 0 atom stereocenters. The van der Waals surface area contributed by atoms with Crippen LogP contribution in [-0.2, 0) is 9.59 Å². The summed E-state index contributed by atoms with van der Waals surface area (Å²) in [4.78, 5) is 25.2. The number of carbonyl (C=O) groups excluding carboxylic acids is 2. The molecular formula is C28H25BrClN3O4. The molecule has 0 aliphatic rings. The van der Waals surface area contributed by atoms with Crippen molar-refractivity contribution in [3.63, 3.8) is 0 Å². The Bertz CT molecular complexity index is 1380. The maximum Gasteiger partial charge on any atom is 0.266 e. The molecule has 7 nitrogen and oxygen atoms in total. The first-order chi connectivity index (χ1) is 17.7. The van der Waals surface area contributed by atoms with Crippen LogP contribution < -0.4 is 20.1 Å². The molecule has 0 saturated heterocycles. The lowest BCUT2D eigenvalue weighted by molar-refractivity contribution is -0.118. The number of anilines is 2. The third-order valence-corrected chi connectivity index (χ3v) is 5.97. The summed E-state index contributed by atoms with van der Waals surface area (Å²) in [5.74, 6) is -0.197. The Morgan fingerprint density at radius 1 is 1.05 bits per heavy atom. The van der Waals surface area contributed by atoms with Crippen molar-refractivity contribution in [2.24, 2.45) is 0 Å². The van der Waals surface area contributed by atoms with Crippen LogP contribution in [0.3, 0.4) is 0 Å². The zero-order valence-corrected chi connectivity index (χ0v) is 22.9. The van der Waals surface area contributed by atoms with Crippen LogP contribution in [0.25, 0.3) is 6.08 Å². The Morgan fingerprint density at radius 3 is 2.46 bits per heavy atom. The van der Waals surface area contributed by atoms with Crippen molar-refractivity contribution in [1.29, 1.82) is 5.26 Å². The standard InChI is InChI=1S/C28H25BrClN3O4/c1-4-36-25-14-19(12-20(15-31)28(35)32-22-9-7-21(30)8-10-22)13-23(29)27(25)37-16-26(34)33-24-11-17(2)5-6-18(24)3/h5-14H,4,16H2,1-3H3,(H,32,35)(H,33,34)/b20-12-. The molecule has 0 heterocycles. The molecular weight excluding hydrogens is 558 g/mol. The minimum Gasteiger partial charge on any atom is -0.490 e. The van der Waals surface area contributed by atoms with Crippen LogP contribution in [0.5, 0.6) is 11.5 Å². The fourth-order valence-electron chi connectivity index (χ4n) is 3.32.